The zero-order valence-corrected chi connectivity index (χ0v) is 11.8. The molecule has 0 unspecified atom stereocenters. The zero-order valence-electron chi connectivity index (χ0n) is 11.1. The van der Waals surface area contributed by atoms with Crippen LogP contribution in [0.2, 0.25) is 5.02 Å². The highest BCUT2D eigenvalue weighted by Gasteiger charge is 2.11. The lowest BCUT2D eigenvalue weighted by Crippen LogP contribution is -2.12. The number of benzene rings is 2. The molecule has 106 valence electrons. The van der Waals surface area contributed by atoms with E-state index < -0.39 is 5.91 Å². The van der Waals surface area contributed by atoms with Crippen LogP contribution in [0.1, 0.15) is 15.9 Å². The first-order valence-electron chi connectivity index (χ1n) is 6.19. The number of halogens is 1. The van der Waals surface area contributed by atoms with Gasteiger partial charge in [-0.15, -0.1) is 0 Å². The Labute approximate surface area is 127 Å². The number of carbonyl (C=O) groups excluding carboxylic acids is 1. The number of rotatable bonds is 2. The summed E-state index contributed by atoms with van der Waals surface area (Å²) in [5.74, 6) is 5.04. The highest BCUT2D eigenvalue weighted by molar-refractivity contribution is 6.31. The van der Waals surface area contributed by atoms with Crippen molar-refractivity contribution in [2.45, 2.75) is 0 Å². The summed E-state index contributed by atoms with van der Waals surface area (Å²) in [6.07, 6.45) is 0. The van der Waals surface area contributed by atoms with E-state index >= 15 is 0 Å². The number of phenolic OH excluding ortho intramolecular Hbond substituents is 1. The predicted octanol–water partition coefficient (Wildman–Crippen LogP) is 2.61. The first-order valence-corrected chi connectivity index (χ1v) is 6.57. The third-order valence-electron chi connectivity index (χ3n) is 2.66. The quantitative estimate of drug-likeness (QED) is 0.746. The fraction of sp³-hybridized carbons (Fsp3) is 0.0625. The molecule has 0 aromatic heterocycles. The van der Waals surface area contributed by atoms with Crippen molar-refractivity contribution in [2.75, 3.05) is 11.9 Å². The molecule has 21 heavy (non-hydrogen) atoms. The molecule has 0 bridgehead atoms. The molecular formula is C16H13ClN2O2. The van der Waals surface area contributed by atoms with Crippen LogP contribution in [0, 0.1) is 11.8 Å². The van der Waals surface area contributed by atoms with E-state index in [2.05, 4.69) is 17.2 Å². The number of hydrogen-bond acceptors (Lipinski definition) is 3. The zero-order chi connectivity index (χ0) is 15.2. The molecule has 1 amide bonds. The van der Waals surface area contributed by atoms with Gasteiger partial charge in [0.2, 0.25) is 0 Å². The van der Waals surface area contributed by atoms with Crippen LogP contribution in [0.3, 0.4) is 0 Å². The molecule has 0 aliphatic heterocycles. The average molecular weight is 301 g/mol. The van der Waals surface area contributed by atoms with Gasteiger partial charge in [0.25, 0.3) is 5.91 Å². The van der Waals surface area contributed by atoms with E-state index in [9.17, 15) is 9.90 Å². The number of hydrogen-bond donors (Lipinski definition) is 3. The number of amides is 1. The van der Waals surface area contributed by atoms with Crippen LogP contribution in [0.4, 0.5) is 5.69 Å². The molecule has 5 heteroatoms. The van der Waals surface area contributed by atoms with Crippen LogP contribution in [0.15, 0.2) is 42.5 Å². The van der Waals surface area contributed by atoms with Crippen molar-refractivity contribution in [1.82, 2.24) is 0 Å². The van der Waals surface area contributed by atoms with Crippen molar-refractivity contribution in [1.29, 1.82) is 0 Å². The van der Waals surface area contributed by atoms with Crippen LogP contribution in [-0.4, -0.2) is 17.6 Å². The number of nitrogens with two attached hydrogens (primary N) is 1. The van der Waals surface area contributed by atoms with Crippen LogP contribution in [0.25, 0.3) is 0 Å². The smallest absolute Gasteiger partial charge is 0.259 e. The highest BCUT2D eigenvalue weighted by Crippen LogP contribution is 2.23. The van der Waals surface area contributed by atoms with Crippen molar-refractivity contribution < 1.29 is 9.90 Å². The van der Waals surface area contributed by atoms with Gasteiger partial charge >= 0.3 is 0 Å². The Hall–Kier alpha value is -2.48. The van der Waals surface area contributed by atoms with E-state index in [0.717, 1.165) is 5.56 Å². The van der Waals surface area contributed by atoms with Crippen molar-refractivity contribution in [3.8, 4) is 17.6 Å². The molecule has 2 aromatic carbocycles. The average Bonchev–Trinajstić information content (AvgIpc) is 2.45. The van der Waals surface area contributed by atoms with Gasteiger partial charge in [-0.2, -0.15) is 0 Å². The van der Waals surface area contributed by atoms with Crippen molar-refractivity contribution >= 4 is 23.2 Å². The standard InChI is InChI=1S/C16H13ClN2O2/c17-12-6-7-14(15(20)10-12)16(21)19-13-5-1-3-11(9-13)4-2-8-18/h1,3,5-7,9-10,20H,8,18H2,(H,19,21). The lowest BCUT2D eigenvalue weighted by Gasteiger charge is -2.07. The summed E-state index contributed by atoms with van der Waals surface area (Å²) in [5.41, 5.74) is 6.80. The predicted molar refractivity (Wildman–Crippen MR) is 83.4 cm³/mol. The second-order valence-electron chi connectivity index (χ2n) is 4.20. The molecule has 4 N–H and O–H groups in total. The lowest BCUT2D eigenvalue weighted by molar-refractivity contribution is 0.102. The molecule has 0 radical (unpaired) electrons. The summed E-state index contributed by atoms with van der Waals surface area (Å²) < 4.78 is 0. The van der Waals surface area contributed by atoms with Gasteiger partial charge in [0.15, 0.2) is 0 Å². The number of phenols is 1. The lowest BCUT2D eigenvalue weighted by atomic mass is 10.1. The second kappa shape index (κ2) is 6.80. The third-order valence-corrected chi connectivity index (χ3v) is 2.89. The van der Waals surface area contributed by atoms with E-state index in [1.807, 2.05) is 6.07 Å². The van der Waals surface area contributed by atoms with Crippen molar-refractivity contribution in [2.24, 2.45) is 5.73 Å². The SMILES string of the molecule is NCC#Cc1cccc(NC(=O)c2ccc(Cl)cc2O)c1. The molecule has 0 spiro atoms. The third kappa shape index (κ3) is 3.99. The van der Waals surface area contributed by atoms with Crippen molar-refractivity contribution in [3.05, 3.63) is 58.6 Å². The first kappa shape index (κ1) is 14.9. The Morgan fingerprint density at radius 1 is 1.29 bits per heavy atom. The fourth-order valence-corrected chi connectivity index (χ4v) is 1.89. The number of aromatic hydroxyl groups is 1. The van der Waals surface area contributed by atoms with E-state index in [1.165, 1.54) is 12.1 Å². The van der Waals surface area contributed by atoms with E-state index in [-0.39, 0.29) is 17.9 Å². The van der Waals surface area contributed by atoms with Gasteiger partial charge in [0.1, 0.15) is 5.75 Å². The van der Waals surface area contributed by atoms with Gasteiger partial charge < -0.3 is 16.2 Å². The Kier molecular flexibility index (Phi) is 4.83. The van der Waals surface area contributed by atoms with Crippen LogP contribution < -0.4 is 11.1 Å². The van der Waals surface area contributed by atoms with E-state index in [1.54, 1.807) is 24.3 Å². The number of anilines is 1. The highest BCUT2D eigenvalue weighted by atomic mass is 35.5. The Bertz CT molecular complexity index is 733. The minimum atomic E-state index is -0.423. The maximum absolute atomic E-state index is 12.1. The molecule has 0 atom stereocenters. The van der Waals surface area contributed by atoms with Crippen LogP contribution in [-0.2, 0) is 0 Å². The Morgan fingerprint density at radius 3 is 2.81 bits per heavy atom. The van der Waals surface area contributed by atoms with Crippen LogP contribution >= 0.6 is 11.6 Å². The first-order chi connectivity index (χ1) is 10.1. The molecule has 0 aliphatic rings. The topological polar surface area (TPSA) is 75.3 Å². The van der Waals surface area contributed by atoms with Gasteiger partial charge in [0, 0.05) is 16.3 Å². The minimum Gasteiger partial charge on any atom is -0.507 e. The molecule has 0 saturated heterocycles. The van der Waals surface area contributed by atoms with Crippen molar-refractivity contribution in [3.63, 3.8) is 0 Å². The maximum atomic E-state index is 12.1. The molecule has 0 saturated carbocycles. The number of carbonyl (C=O) groups is 1. The van der Waals surface area contributed by atoms with E-state index in [0.29, 0.717) is 10.7 Å². The normalized spacial score (nSPS) is 9.62. The Morgan fingerprint density at radius 2 is 2.10 bits per heavy atom. The summed E-state index contributed by atoms with van der Waals surface area (Å²) in [4.78, 5) is 12.1. The monoisotopic (exact) mass is 300 g/mol. The molecular weight excluding hydrogens is 288 g/mol. The largest absolute Gasteiger partial charge is 0.507 e. The van der Waals surface area contributed by atoms with Gasteiger partial charge in [-0.25, -0.2) is 0 Å². The van der Waals surface area contributed by atoms with Crippen LogP contribution in [0.5, 0.6) is 5.75 Å². The van der Waals surface area contributed by atoms with Gasteiger partial charge in [-0.3, -0.25) is 4.79 Å². The summed E-state index contributed by atoms with van der Waals surface area (Å²) in [7, 11) is 0. The summed E-state index contributed by atoms with van der Waals surface area (Å²) in [5, 5.41) is 12.8. The minimum absolute atomic E-state index is 0.151. The summed E-state index contributed by atoms with van der Waals surface area (Å²) in [6.45, 7) is 0.273. The number of nitrogens with one attached hydrogen (secondary N) is 1. The molecule has 0 fully saturated rings. The van der Waals surface area contributed by atoms with Gasteiger partial charge in [-0.1, -0.05) is 29.5 Å². The Balaban J connectivity index is 2.19. The summed E-state index contributed by atoms with van der Waals surface area (Å²) in [6, 6.07) is 11.4. The van der Waals surface area contributed by atoms with Gasteiger partial charge in [-0.05, 0) is 36.4 Å². The molecule has 2 rings (SSSR count). The molecule has 4 nitrogen and oxygen atoms in total. The summed E-state index contributed by atoms with van der Waals surface area (Å²) >= 11 is 5.73. The molecule has 0 aliphatic carbocycles. The van der Waals surface area contributed by atoms with E-state index in [4.69, 9.17) is 17.3 Å². The fourth-order valence-electron chi connectivity index (χ4n) is 1.72. The second-order valence-corrected chi connectivity index (χ2v) is 4.64. The molecule has 0 heterocycles. The molecule has 2 aromatic rings. The maximum Gasteiger partial charge on any atom is 0.259 e. The van der Waals surface area contributed by atoms with Gasteiger partial charge in [0.05, 0.1) is 12.1 Å².